The van der Waals surface area contributed by atoms with Gasteiger partial charge in [-0.15, -0.1) is 0 Å². The van der Waals surface area contributed by atoms with E-state index in [1.54, 1.807) is 0 Å². The Morgan fingerprint density at radius 2 is 1.67 bits per heavy atom. The summed E-state index contributed by atoms with van der Waals surface area (Å²) in [5, 5.41) is 12.3. The van der Waals surface area contributed by atoms with E-state index < -0.39 is 12.1 Å². The minimum absolute atomic E-state index is 0.000869. The van der Waals surface area contributed by atoms with Gasteiger partial charge < -0.3 is 9.84 Å². The number of fused-ring (bicyclic) bond motifs is 3. The monoisotopic (exact) mass is 504 g/mol. The molecule has 6 nitrogen and oxygen atoms in total. The first-order chi connectivity index (χ1) is 17.3. The van der Waals surface area contributed by atoms with Crippen molar-refractivity contribution >= 4 is 29.3 Å². The molecule has 3 aliphatic rings. The van der Waals surface area contributed by atoms with E-state index in [1.807, 2.05) is 44.2 Å². The second-order valence-corrected chi connectivity index (χ2v) is 11.3. The third-order valence-corrected chi connectivity index (χ3v) is 9.32. The van der Waals surface area contributed by atoms with E-state index in [2.05, 4.69) is 34.0 Å². The summed E-state index contributed by atoms with van der Waals surface area (Å²) in [5.74, 6) is -0.670. The molecule has 1 heterocycles. The van der Waals surface area contributed by atoms with E-state index in [0.717, 1.165) is 60.2 Å². The van der Waals surface area contributed by atoms with Crippen molar-refractivity contribution in [2.75, 3.05) is 5.32 Å². The van der Waals surface area contributed by atoms with Crippen molar-refractivity contribution in [2.24, 2.45) is 5.41 Å². The predicted molar refractivity (Wildman–Crippen MR) is 141 cm³/mol. The molecule has 1 atom stereocenters. The molecule has 3 aliphatic carbocycles. The van der Waals surface area contributed by atoms with Gasteiger partial charge in [-0.05, 0) is 91.4 Å². The number of hydrogen-bond donors (Lipinski definition) is 2. The number of aryl methyl sites for hydroxylation is 1. The Morgan fingerprint density at radius 1 is 1.03 bits per heavy atom. The summed E-state index contributed by atoms with van der Waals surface area (Å²) in [4.78, 5) is 24.9. The van der Waals surface area contributed by atoms with E-state index in [9.17, 15) is 14.7 Å². The lowest BCUT2D eigenvalue weighted by molar-refractivity contribution is -0.142. The minimum Gasteiger partial charge on any atom is -0.481 e. The van der Waals surface area contributed by atoms with Gasteiger partial charge in [0.2, 0.25) is 0 Å². The molecule has 0 spiro atoms. The lowest BCUT2D eigenvalue weighted by Crippen LogP contribution is -2.45. The summed E-state index contributed by atoms with van der Waals surface area (Å²) in [6.45, 7) is 3.74. The SMILES string of the molecule is Cc1nsc(-c2ccc(C34CCC(CC(=O)O)(CC3)CC4)cc2)c1NC(=O)OC(C)c1ccccc1. The van der Waals surface area contributed by atoms with Crippen LogP contribution in [0.15, 0.2) is 54.6 Å². The number of nitrogens with zero attached hydrogens (tertiary/aromatic N) is 1. The highest BCUT2D eigenvalue weighted by Crippen LogP contribution is 2.59. The van der Waals surface area contributed by atoms with Gasteiger partial charge in [-0.3, -0.25) is 10.1 Å². The minimum atomic E-state index is -0.670. The molecule has 3 saturated carbocycles. The first kappa shape index (κ1) is 24.5. The van der Waals surface area contributed by atoms with Gasteiger partial charge >= 0.3 is 12.1 Å². The summed E-state index contributed by atoms with van der Waals surface area (Å²) >= 11 is 1.37. The van der Waals surface area contributed by atoms with E-state index in [-0.39, 0.29) is 16.9 Å². The number of amides is 1. The van der Waals surface area contributed by atoms with Crippen LogP contribution in [-0.4, -0.2) is 21.5 Å². The highest BCUT2D eigenvalue weighted by Gasteiger charge is 2.49. The second-order valence-electron chi connectivity index (χ2n) is 10.5. The number of rotatable bonds is 7. The highest BCUT2D eigenvalue weighted by atomic mass is 32.1. The quantitative estimate of drug-likeness (QED) is 0.348. The van der Waals surface area contributed by atoms with Gasteiger partial charge in [0, 0.05) is 0 Å². The molecule has 0 radical (unpaired) electrons. The lowest BCUT2D eigenvalue weighted by Gasteiger charge is -2.53. The Hall–Kier alpha value is -3.19. The predicted octanol–water partition coefficient (Wildman–Crippen LogP) is 7.49. The van der Waals surface area contributed by atoms with Crippen molar-refractivity contribution in [1.82, 2.24) is 4.37 Å². The van der Waals surface area contributed by atoms with Crippen LogP contribution >= 0.6 is 11.5 Å². The topological polar surface area (TPSA) is 88.5 Å². The number of anilines is 1. The number of carboxylic acids is 1. The third-order valence-electron chi connectivity index (χ3n) is 8.33. The fourth-order valence-electron chi connectivity index (χ4n) is 6.06. The zero-order valence-corrected chi connectivity index (χ0v) is 21.6. The zero-order chi connectivity index (χ0) is 25.3. The van der Waals surface area contributed by atoms with Crippen molar-refractivity contribution in [2.45, 2.75) is 70.3 Å². The Morgan fingerprint density at radius 3 is 2.28 bits per heavy atom. The van der Waals surface area contributed by atoms with Crippen LogP contribution in [0.5, 0.6) is 0 Å². The number of benzene rings is 2. The normalized spacial score (nSPS) is 23.7. The summed E-state index contributed by atoms with van der Waals surface area (Å²) in [7, 11) is 0. The standard InChI is InChI=1S/C29H32N2O4S/c1-19-25(30-27(34)35-20(2)21-6-4-3-5-7-21)26(36-31-19)22-8-10-23(11-9-22)29-15-12-28(13-16-29,14-17-29)18-24(32)33/h3-11,20H,12-18H2,1-2H3,(H,30,34)(H,32,33). The van der Waals surface area contributed by atoms with Gasteiger partial charge in [-0.25, -0.2) is 4.79 Å². The van der Waals surface area contributed by atoms with Gasteiger partial charge in [0.1, 0.15) is 6.10 Å². The van der Waals surface area contributed by atoms with Gasteiger partial charge in [0.25, 0.3) is 0 Å². The number of nitrogens with one attached hydrogen (secondary N) is 1. The molecule has 36 heavy (non-hydrogen) atoms. The highest BCUT2D eigenvalue weighted by molar-refractivity contribution is 7.10. The van der Waals surface area contributed by atoms with Gasteiger partial charge in [0.05, 0.1) is 22.7 Å². The average Bonchev–Trinajstić information content (AvgIpc) is 3.24. The third kappa shape index (κ3) is 4.76. The molecule has 0 aliphatic heterocycles. The van der Waals surface area contributed by atoms with Crippen molar-refractivity contribution in [3.05, 3.63) is 71.4 Å². The molecule has 3 aromatic rings. The number of aromatic nitrogens is 1. The molecule has 1 unspecified atom stereocenters. The largest absolute Gasteiger partial charge is 0.481 e. The summed E-state index contributed by atoms with van der Waals surface area (Å²) in [5.41, 5.74) is 4.89. The molecule has 1 aromatic heterocycles. The first-order valence-corrected chi connectivity index (χ1v) is 13.4. The van der Waals surface area contributed by atoms with E-state index in [0.29, 0.717) is 12.1 Å². The molecular formula is C29H32N2O4S. The molecule has 2 N–H and O–H groups in total. The molecule has 2 aromatic carbocycles. The van der Waals surface area contributed by atoms with Crippen LogP contribution in [0.1, 0.15) is 74.8 Å². The molecule has 3 fully saturated rings. The molecular weight excluding hydrogens is 472 g/mol. The number of carboxylic acid groups (broad SMARTS) is 1. The van der Waals surface area contributed by atoms with Crippen LogP contribution in [0.3, 0.4) is 0 Å². The second kappa shape index (κ2) is 9.69. The maximum Gasteiger partial charge on any atom is 0.412 e. The lowest BCUT2D eigenvalue weighted by atomic mass is 9.51. The van der Waals surface area contributed by atoms with E-state index in [4.69, 9.17) is 4.74 Å². The van der Waals surface area contributed by atoms with Crippen LogP contribution in [0.4, 0.5) is 10.5 Å². The fraction of sp³-hybridized carbons (Fsp3) is 0.414. The van der Waals surface area contributed by atoms with Crippen LogP contribution in [0.25, 0.3) is 10.4 Å². The van der Waals surface area contributed by atoms with E-state index >= 15 is 0 Å². The number of carbonyl (C=O) groups is 2. The maximum atomic E-state index is 12.7. The Labute approximate surface area is 215 Å². The van der Waals surface area contributed by atoms with Crippen molar-refractivity contribution < 1.29 is 19.4 Å². The Balaban J connectivity index is 1.29. The number of hydrogen-bond acceptors (Lipinski definition) is 5. The maximum absolute atomic E-state index is 12.7. The smallest absolute Gasteiger partial charge is 0.412 e. The van der Waals surface area contributed by atoms with Crippen molar-refractivity contribution in [3.8, 4) is 10.4 Å². The number of ether oxygens (including phenoxy) is 1. The van der Waals surface area contributed by atoms with Gasteiger partial charge in [-0.1, -0.05) is 54.6 Å². The van der Waals surface area contributed by atoms with E-state index in [1.165, 1.54) is 17.1 Å². The summed E-state index contributed by atoms with van der Waals surface area (Å²) in [6.07, 6.45) is 5.58. The van der Waals surface area contributed by atoms with Gasteiger partial charge in [0.15, 0.2) is 0 Å². The average molecular weight is 505 g/mol. The molecule has 188 valence electrons. The van der Waals surface area contributed by atoms with Crippen molar-refractivity contribution in [3.63, 3.8) is 0 Å². The van der Waals surface area contributed by atoms with Crippen molar-refractivity contribution in [1.29, 1.82) is 0 Å². The zero-order valence-electron chi connectivity index (χ0n) is 20.8. The molecule has 6 rings (SSSR count). The van der Waals surface area contributed by atoms with Crippen LogP contribution in [0, 0.1) is 12.3 Å². The molecule has 2 bridgehead atoms. The first-order valence-electron chi connectivity index (χ1n) is 12.6. The molecule has 0 saturated heterocycles. The number of carbonyl (C=O) groups excluding carboxylic acids is 1. The summed E-state index contributed by atoms with van der Waals surface area (Å²) in [6, 6.07) is 18.3. The Bertz CT molecular complexity index is 1230. The fourth-order valence-corrected chi connectivity index (χ4v) is 6.91. The number of aliphatic carboxylic acids is 1. The molecule has 1 amide bonds. The van der Waals surface area contributed by atoms with Crippen LogP contribution in [-0.2, 0) is 14.9 Å². The van der Waals surface area contributed by atoms with Gasteiger partial charge in [-0.2, -0.15) is 4.37 Å². The van der Waals surface area contributed by atoms with Crippen LogP contribution < -0.4 is 5.32 Å². The Kier molecular flexibility index (Phi) is 6.60. The molecule has 7 heteroatoms. The summed E-state index contributed by atoms with van der Waals surface area (Å²) < 4.78 is 10.1. The van der Waals surface area contributed by atoms with Crippen LogP contribution in [0.2, 0.25) is 0 Å².